The maximum absolute atomic E-state index is 14.8. The number of primary amides is 1. The van der Waals surface area contributed by atoms with Crippen LogP contribution in [0, 0.1) is 12.7 Å². The highest BCUT2D eigenvalue weighted by atomic mass is 19.4. The van der Waals surface area contributed by atoms with Gasteiger partial charge in [0.2, 0.25) is 5.91 Å². The van der Waals surface area contributed by atoms with Gasteiger partial charge in [-0.15, -0.1) is 0 Å². The van der Waals surface area contributed by atoms with Crippen molar-refractivity contribution in [3.8, 4) is 0 Å². The molecule has 7 heteroatoms. The highest BCUT2D eigenvalue weighted by Crippen LogP contribution is 2.32. The summed E-state index contributed by atoms with van der Waals surface area (Å²) in [4.78, 5) is 12.5. The number of carbonyl (C=O) groups is 1. The van der Waals surface area contributed by atoms with Crippen molar-refractivity contribution in [1.82, 2.24) is 5.32 Å². The molecule has 2 atom stereocenters. The largest absolute Gasteiger partial charge is 0.416 e. The van der Waals surface area contributed by atoms with Crippen LogP contribution in [0.25, 0.3) is 0 Å². The van der Waals surface area contributed by atoms with Gasteiger partial charge in [-0.1, -0.05) is 60.2 Å². The van der Waals surface area contributed by atoms with Gasteiger partial charge in [0.15, 0.2) is 0 Å². The Hall–Kier alpha value is -3.19. The molecule has 3 N–H and O–H groups in total. The molecule has 0 aromatic heterocycles. The lowest BCUT2D eigenvalue weighted by molar-refractivity contribution is -0.137. The molecular formula is C26H26F4N2O. The zero-order valence-electron chi connectivity index (χ0n) is 18.4. The van der Waals surface area contributed by atoms with Crippen LogP contribution in [-0.2, 0) is 22.9 Å². The first-order chi connectivity index (χ1) is 15.5. The molecule has 174 valence electrons. The van der Waals surface area contributed by atoms with Crippen LogP contribution in [0.2, 0.25) is 0 Å². The van der Waals surface area contributed by atoms with Gasteiger partial charge in [-0.25, -0.2) is 4.39 Å². The fourth-order valence-corrected chi connectivity index (χ4v) is 3.82. The van der Waals surface area contributed by atoms with Crippen molar-refractivity contribution in [3.05, 3.63) is 106 Å². The predicted octanol–water partition coefficient (Wildman–Crippen LogP) is 5.82. The Morgan fingerprint density at radius 3 is 2.18 bits per heavy atom. The molecule has 1 amide bonds. The average molecular weight is 458 g/mol. The van der Waals surface area contributed by atoms with Crippen molar-refractivity contribution in [2.75, 3.05) is 0 Å². The number of nitrogens with two attached hydrogens (primary N) is 1. The van der Waals surface area contributed by atoms with Crippen LogP contribution in [0.4, 0.5) is 17.6 Å². The van der Waals surface area contributed by atoms with E-state index in [0.29, 0.717) is 29.5 Å². The topological polar surface area (TPSA) is 55.1 Å². The van der Waals surface area contributed by atoms with Crippen molar-refractivity contribution in [2.45, 2.75) is 44.4 Å². The summed E-state index contributed by atoms with van der Waals surface area (Å²) < 4.78 is 53.4. The number of carbonyl (C=O) groups excluding carboxylic acids is 1. The lowest BCUT2D eigenvalue weighted by Gasteiger charge is -2.34. The second-order valence-corrected chi connectivity index (χ2v) is 8.31. The maximum atomic E-state index is 14.8. The quantitative estimate of drug-likeness (QED) is 0.418. The molecule has 3 nitrogen and oxygen atoms in total. The monoisotopic (exact) mass is 458 g/mol. The molecule has 0 heterocycles. The summed E-state index contributed by atoms with van der Waals surface area (Å²) in [6.45, 7) is 3.48. The summed E-state index contributed by atoms with van der Waals surface area (Å²) in [7, 11) is 0. The van der Waals surface area contributed by atoms with Crippen molar-refractivity contribution < 1.29 is 22.4 Å². The van der Waals surface area contributed by atoms with Gasteiger partial charge in [0.1, 0.15) is 11.4 Å². The molecule has 2 unspecified atom stereocenters. The van der Waals surface area contributed by atoms with Crippen molar-refractivity contribution in [1.29, 1.82) is 0 Å². The summed E-state index contributed by atoms with van der Waals surface area (Å²) in [6.07, 6.45) is -3.71. The average Bonchev–Trinajstić information content (AvgIpc) is 2.78. The molecule has 33 heavy (non-hydrogen) atoms. The van der Waals surface area contributed by atoms with E-state index in [1.165, 1.54) is 18.2 Å². The van der Waals surface area contributed by atoms with Crippen LogP contribution in [0.5, 0.6) is 0 Å². The number of alkyl halides is 3. The second kappa shape index (κ2) is 9.75. The number of halogens is 4. The third kappa shape index (κ3) is 5.79. The highest BCUT2D eigenvalue weighted by molar-refractivity contribution is 5.85. The number of rotatable bonds is 8. The zero-order valence-corrected chi connectivity index (χ0v) is 18.4. The third-order valence-electron chi connectivity index (χ3n) is 5.84. The maximum Gasteiger partial charge on any atom is 0.416 e. The molecule has 0 radical (unpaired) electrons. The Bertz CT molecular complexity index is 1100. The van der Waals surface area contributed by atoms with Crippen LogP contribution in [0.3, 0.4) is 0 Å². The smallest absolute Gasteiger partial charge is 0.368 e. The number of aryl methyl sites for hydroxylation is 2. The molecule has 0 spiro atoms. The standard InChI is InChI=1S/C26H26F4N2O/c1-17-8-14-22(27)21(16-17)23(15-11-18-9-12-20(13-10-18)26(28,29)30)32-25(2,24(31)33)19-6-4-3-5-7-19/h3-10,12-14,16,23,32H,11,15H2,1-2H3,(H2,31,33). The van der Waals surface area contributed by atoms with Gasteiger partial charge >= 0.3 is 6.18 Å². The molecular weight excluding hydrogens is 432 g/mol. The lowest BCUT2D eigenvalue weighted by atomic mass is 9.87. The molecule has 0 saturated carbocycles. The Labute approximate surface area is 190 Å². The van der Waals surface area contributed by atoms with E-state index in [1.807, 2.05) is 13.0 Å². The molecule has 0 aliphatic rings. The molecule has 3 rings (SSSR count). The minimum Gasteiger partial charge on any atom is -0.368 e. The SMILES string of the molecule is Cc1ccc(F)c(C(CCc2ccc(C(F)(F)F)cc2)NC(C)(C(N)=O)c2ccccc2)c1. The fourth-order valence-electron chi connectivity index (χ4n) is 3.82. The Balaban J connectivity index is 1.93. The summed E-state index contributed by atoms with van der Waals surface area (Å²) in [5.41, 5.74) is 6.25. The second-order valence-electron chi connectivity index (χ2n) is 8.31. The normalized spacial score (nSPS) is 14.5. The van der Waals surface area contributed by atoms with Crippen molar-refractivity contribution >= 4 is 5.91 Å². The van der Waals surface area contributed by atoms with Crippen LogP contribution < -0.4 is 11.1 Å². The Morgan fingerprint density at radius 1 is 0.970 bits per heavy atom. The van der Waals surface area contributed by atoms with Crippen LogP contribution in [-0.4, -0.2) is 5.91 Å². The van der Waals surface area contributed by atoms with E-state index in [4.69, 9.17) is 5.73 Å². The predicted molar refractivity (Wildman–Crippen MR) is 120 cm³/mol. The minimum atomic E-state index is -4.41. The minimum absolute atomic E-state index is 0.335. The van der Waals surface area contributed by atoms with Gasteiger partial charge in [-0.2, -0.15) is 13.2 Å². The Morgan fingerprint density at radius 2 is 1.61 bits per heavy atom. The number of benzene rings is 3. The van der Waals surface area contributed by atoms with E-state index in [9.17, 15) is 22.4 Å². The molecule has 3 aromatic rings. The molecule has 3 aromatic carbocycles. The fraction of sp³-hybridized carbons (Fsp3) is 0.269. The Kier molecular flexibility index (Phi) is 7.22. The number of amides is 1. The van der Waals surface area contributed by atoms with E-state index in [0.717, 1.165) is 17.7 Å². The van der Waals surface area contributed by atoms with Crippen LogP contribution >= 0.6 is 0 Å². The van der Waals surface area contributed by atoms with Gasteiger partial charge < -0.3 is 5.73 Å². The number of hydrogen-bond acceptors (Lipinski definition) is 2. The first-order valence-corrected chi connectivity index (χ1v) is 10.6. The summed E-state index contributed by atoms with van der Waals surface area (Å²) in [5, 5.41) is 3.24. The summed E-state index contributed by atoms with van der Waals surface area (Å²) in [6, 6.07) is 17.9. The van der Waals surface area contributed by atoms with Gasteiger partial charge in [0.25, 0.3) is 0 Å². The highest BCUT2D eigenvalue weighted by Gasteiger charge is 2.36. The van der Waals surface area contributed by atoms with E-state index in [-0.39, 0.29) is 0 Å². The van der Waals surface area contributed by atoms with Gasteiger partial charge in [-0.3, -0.25) is 10.1 Å². The molecule has 0 bridgehead atoms. The lowest BCUT2D eigenvalue weighted by Crippen LogP contribution is -2.51. The number of hydrogen-bond donors (Lipinski definition) is 2. The molecule has 0 aliphatic carbocycles. The van der Waals surface area contributed by atoms with Gasteiger partial charge in [0, 0.05) is 11.6 Å². The summed E-state index contributed by atoms with van der Waals surface area (Å²) in [5.74, 6) is -1.06. The first kappa shape index (κ1) is 24.5. The molecule has 0 saturated heterocycles. The van der Waals surface area contributed by atoms with Crippen molar-refractivity contribution in [2.24, 2.45) is 5.73 Å². The molecule has 0 fully saturated rings. The van der Waals surface area contributed by atoms with E-state index in [1.54, 1.807) is 43.3 Å². The van der Waals surface area contributed by atoms with Crippen LogP contribution in [0.1, 0.15) is 47.2 Å². The third-order valence-corrected chi connectivity index (χ3v) is 5.84. The molecule has 0 aliphatic heterocycles. The van der Waals surface area contributed by atoms with E-state index >= 15 is 0 Å². The number of nitrogens with one attached hydrogen (secondary N) is 1. The van der Waals surface area contributed by atoms with Crippen molar-refractivity contribution in [3.63, 3.8) is 0 Å². The van der Waals surface area contributed by atoms with Gasteiger partial charge in [-0.05, 0) is 56.0 Å². The zero-order chi connectivity index (χ0) is 24.2. The van der Waals surface area contributed by atoms with Crippen LogP contribution in [0.15, 0.2) is 72.8 Å². The van der Waals surface area contributed by atoms with Gasteiger partial charge in [0.05, 0.1) is 5.56 Å². The van der Waals surface area contributed by atoms with E-state index < -0.39 is 35.0 Å². The van der Waals surface area contributed by atoms with E-state index in [2.05, 4.69) is 5.32 Å². The first-order valence-electron chi connectivity index (χ1n) is 10.6. The summed E-state index contributed by atoms with van der Waals surface area (Å²) >= 11 is 0.